The second kappa shape index (κ2) is 6.33. The van der Waals surface area contributed by atoms with Crippen LogP contribution in [0, 0.1) is 0 Å². The predicted molar refractivity (Wildman–Crippen MR) is 97.4 cm³/mol. The molecule has 0 radical (unpaired) electrons. The number of furan rings is 1. The minimum atomic E-state index is -1.98. The van der Waals surface area contributed by atoms with Crippen LogP contribution in [0.25, 0.3) is 16.7 Å². The predicted octanol–water partition coefficient (Wildman–Crippen LogP) is 6.60. The molecule has 3 heteroatoms. The topological polar surface area (TPSA) is 22.4 Å². The second-order valence-corrected chi connectivity index (χ2v) is 12.4. The van der Waals surface area contributed by atoms with Crippen molar-refractivity contribution in [1.82, 2.24) is 0 Å². The number of hydrogen-bond acceptors (Lipinski definition) is 2. The third-order valence-electron chi connectivity index (χ3n) is 4.71. The summed E-state index contributed by atoms with van der Waals surface area (Å²) in [5.74, 6) is 1.43. The SMILES string of the molecule is C=C(O[Si](C(C)C)(C(C)C)C(C)C)c1cc2ccccc2o1. The number of para-hydroxylation sites is 1. The van der Waals surface area contributed by atoms with Crippen LogP contribution in [0.5, 0.6) is 0 Å². The van der Waals surface area contributed by atoms with E-state index < -0.39 is 8.32 Å². The van der Waals surface area contributed by atoms with Crippen LogP contribution in [0.1, 0.15) is 47.3 Å². The van der Waals surface area contributed by atoms with E-state index in [0.29, 0.717) is 22.4 Å². The van der Waals surface area contributed by atoms with Gasteiger partial charge in [-0.25, -0.2) is 0 Å². The summed E-state index contributed by atoms with van der Waals surface area (Å²) >= 11 is 0. The van der Waals surface area contributed by atoms with Crippen molar-refractivity contribution >= 4 is 25.0 Å². The molecule has 0 aliphatic rings. The molecule has 0 bridgehead atoms. The van der Waals surface area contributed by atoms with Crippen molar-refractivity contribution in [3.8, 4) is 0 Å². The Morgan fingerprint density at radius 3 is 2.05 bits per heavy atom. The standard InChI is InChI=1S/C19H28O2Si/c1-13(2)22(14(3)4,15(5)6)21-16(7)19-12-17-10-8-9-11-18(17)20-19/h8-15H,7H2,1-6H3. The van der Waals surface area contributed by atoms with Crippen LogP contribution in [0.15, 0.2) is 41.3 Å². The average Bonchev–Trinajstić information content (AvgIpc) is 2.87. The van der Waals surface area contributed by atoms with E-state index in [1.54, 1.807) is 0 Å². The molecule has 0 unspecified atom stereocenters. The van der Waals surface area contributed by atoms with Crippen LogP contribution in [0.2, 0.25) is 16.6 Å². The molecule has 2 nitrogen and oxygen atoms in total. The summed E-state index contributed by atoms with van der Waals surface area (Å²) in [6.07, 6.45) is 0. The van der Waals surface area contributed by atoms with Crippen molar-refractivity contribution in [2.24, 2.45) is 0 Å². The number of fused-ring (bicyclic) bond motifs is 1. The summed E-state index contributed by atoms with van der Waals surface area (Å²) in [7, 11) is -1.98. The van der Waals surface area contributed by atoms with Crippen LogP contribution >= 0.6 is 0 Å². The molecule has 0 saturated heterocycles. The molecule has 2 aromatic rings. The van der Waals surface area contributed by atoms with Crippen molar-refractivity contribution in [2.75, 3.05) is 0 Å². The highest BCUT2D eigenvalue weighted by atomic mass is 28.4. The highest BCUT2D eigenvalue weighted by Gasteiger charge is 2.47. The van der Waals surface area contributed by atoms with Crippen molar-refractivity contribution in [3.05, 3.63) is 42.7 Å². The van der Waals surface area contributed by atoms with Gasteiger partial charge in [0.25, 0.3) is 8.32 Å². The minimum absolute atomic E-state index is 0.522. The third kappa shape index (κ3) is 2.87. The van der Waals surface area contributed by atoms with Crippen LogP contribution in [-0.2, 0) is 4.43 Å². The summed E-state index contributed by atoms with van der Waals surface area (Å²) < 4.78 is 12.5. The van der Waals surface area contributed by atoms with Gasteiger partial charge in [0, 0.05) is 5.39 Å². The van der Waals surface area contributed by atoms with Gasteiger partial charge in [0.1, 0.15) is 11.3 Å². The van der Waals surface area contributed by atoms with Gasteiger partial charge in [-0.2, -0.15) is 0 Å². The van der Waals surface area contributed by atoms with Gasteiger partial charge in [-0.05, 0) is 28.8 Å². The number of benzene rings is 1. The zero-order valence-corrected chi connectivity index (χ0v) is 15.6. The van der Waals surface area contributed by atoms with E-state index in [0.717, 1.165) is 16.7 Å². The van der Waals surface area contributed by atoms with E-state index in [2.05, 4.69) is 48.1 Å². The quantitative estimate of drug-likeness (QED) is 0.442. The smallest absolute Gasteiger partial charge is 0.258 e. The van der Waals surface area contributed by atoms with Gasteiger partial charge in [-0.1, -0.05) is 66.3 Å². The fourth-order valence-corrected chi connectivity index (χ4v) is 8.97. The fourth-order valence-electron chi connectivity index (χ4n) is 3.74. The van der Waals surface area contributed by atoms with E-state index in [1.807, 2.05) is 30.3 Å². The molecule has 0 atom stereocenters. The molecule has 0 aliphatic heterocycles. The highest BCUT2D eigenvalue weighted by Crippen LogP contribution is 2.44. The summed E-state index contributed by atoms with van der Waals surface area (Å²) in [5.41, 5.74) is 2.45. The average molecular weight is 317 g/mol. The Hall–Kier alpha value is -1.48. The molecule has 0 amide bonds. The molecule has 2 rings (SSSR count). The Kier molecular flexibility index (Phi) is 4.86. The zero-order chi connectivity index (χ0) is 16.5. The first-order chi connectivity index (χ1) is 10.3. The first-order valence-corrected chi connectivity index (χ1v) is 10.3. The summed E-state index contributed by atoms with van der Waals surface area (Å²) in [4.78, 5) is 0. The maximum atomic E-state index is 6.59. The monoisotopic (exact) mass is 316 g/mol. The van der Waals surface area contributed by atoms with Gasteiger partial charge in [0.05, 0.1) is 0 Å². The normalized spacial score (nSPS) is 12.6. The van der Waals surface area contributed by atoms with Crippen molar-refractivity contribution in [1.29, 1.82) is 0 Å². The molecule has 0 N–H and O–H groups in total. The molecule has 1 aromatic carbocycles. The Morgan fingerprint density at radius 1 is 1.00 bits per heavy atom. The summed E-state index contributed by atoms with van der Waals surface area (Å²) in [6, 6.07) is 10.0. The molecule has 1 aromatic heterocycles. The Balaban J connectivity index is 2.35. The molecule has 1 heterocycles. The maximum Gasteiger partial charge on any atom is 0.258 e. The number of hydrogen-bond donors (Lipinski definition) is 0. The largest absolute Gasteiger partial charge is 0.541 e. The maximum absolute atomic E-state index is 6.59. The van der Waals surface area contributed by atoms with E-state index in [4.69, 9.17) is 8.84 Å². The van der Waals surface area contributed by atoms with E-state index in [9.17, 15) is 0 Å². The van der Waals surface area contributed by atoms with Gasteiger partial charge in [-0.3, -0.25) is 0 Å². The van der Waals surface area contributed by atoms with Gasteiger partial charge in [0.15, 0.2) is 5.76 Å². The van der Waals surface area contributed by atoms with Gasteiger partial charge in [-0.15, -0.1) is 0 Å². The molecule has 0 fully saturated rings. The van der Waals surface area contributed by atoms with Crippen LogP contribution in [-0.4, -0.2) is 8.32 Å². The van der Waals surface area contributed by atoms with Crippen molar-refractivity contribution in [2.45, 2.75) is 58.2 Å². The van der Waals surface area contributed by atoms with Gasteiger partial charge >= 0.3 is 0 Å². The van der Waals surface area contributed by atoms with Gasteiger partial charge in [0.2, 0.25) is 0 Å². The second-order valence-electron chi connectivity index (χ2n) is 6.99. The molecular formula is C19H28O2Si. The molecule has 0 aliphatic carbocycles. The third-order valence-corrected chi connectivity index (χ3v) is 10.7. The first-order valence-electron chi connectivity index (χ1n) is 8.15. The lowest BCUT2D eigenvalue weighted by atomic mass is 10.2. The van der Waals surface area contributed by atoms with Crippen LogP contribution in [0.4, 0.5) is 0 Å². The molecule has 120 valence electrons. The van der Waals surface area contributed by atoms with Crippen molar-refractivity contribution in [3.63, 3.8) is 0 Å². The molecule has 0 spiro atoms. The van der Waals surface area contributed by atoms with E-state index >= 15 is 0 Å². The summed E-state index contributed by atoms with van der Waals surface area (Å²) in [5, 5.41) is 1.09. The Labute approximate surface area is 135 Å². The minimum Gasteiger partial charge on any atom is -0.541 e. The lowest BCUT2D eigenvalue weighted by Gasteiger charge is -2.42. The molecular weight excluding hydrogens is 288 g/mol. The highest BCUT2D eigenvalue weighted by molar-refractivity contribution is 6.78. The lowest BCUT2D eigenvalue weighted by Crippen LogP contribution is -2.47. The zero-order valence-electron chi connectivity index (χ0n) is 14.6. The molecule has 22 heavy (non-hydrogen) atoms. The first kappa shape index (κ1) is 16.9. The van der Waals surface area contributed by atoms with Crippen LogP contribution < -0.4 is 0 Å². The van der Waals surface area contributed by atoms with E-state index in [-0.39, 0.29) is 0 Å². The van der Waals surface area contributed by atoms with Gasteiger partial charge < -0.3 is 8.84 Å². The molecule has 0 saturated carbocycles. The fraction of sp³-hybridized carbons (Fsp3) is 0.474. The summed E-state index contributed by atoms with van der Waals surface area (Å²) in [6.45, 7) is 17.8. The van der Waals surface area contributed by atoms with E-state index in [1.165, 1.54) is 0 Å². The lowest BCUT2D eigenvalue weighted by molar-refractivity contribution is 0.425. The Morgan fingerprint density at radius 2 is 1.55 bits per heavy atom. The Bertz CT molecular complexity index is 597. The van der Waals surface area contributed by atoms with Crippen LogP contribution in [0.3, 0.4) is 0 Å². The number of rotatable bonds is 6. The van der Waals surface area contributed by atoms with Crippen molar-refractivity contribution < 1.29 is 8.84 Å².